The predicted octanol–water partition coefficient (Wildman–Crippen LogP) is 2.10. The molecule has 0 fully saturated rings. The largest absolute Gasteiger partial charge is 0.495 e. The Kier molecular flexibility index (Phi) is 6.33. The molecule has 0 aromatic heterocycles. The topological polar surface area (TPSA) is 64.7 Å². The Labute approximate surface area is 147 Å². The molecule has 1 unspecified atom stereocenters. The molecule has 0 radical (unpaired) electrons. The molecule has 0 saturated heterocycles. The van der Waals surface area contributed by atoms with Gasteiger partial charge in [-0.05, 0) is 17.7 Å². The number of hydrogen-bond acceptors (Lipinski definition) is 4. The van der Waals surface area contributed by atoms with Gasteiger partial charge in [-0.25, -0.2) is 0 Å². The van der Waals surface area contributed by atoms with Crippen molar-refractivity contribution in [2.45, 2.75) is 12.5 Å². The SMILES string of the molecule is Cl.NCC1OB(O)c2c(OCCc3ccccc3)ccc(Cl)c21. The number of fused-ring (bicyclic) bond motifs is 1. The fraction of sp³-hybridized carbons (Fsp3) is 0.250. The second kappa shape index (κ2) is 8.04. The van der Waals surface area contributed by atoms with E-state index in [0.717, 1.165) is 12.0 Å². The molecule has 1 aliphatic rings. The van der Waals surface area contributed by atoms with Crippen molar-refractivity contribution in [1.29, 1.82) is 0 Å². The van der Waals surface area contributed by atoms with Crippen LogP contribution in [0.1, 0.15) is 17.2 Å². The first-order chi connectivity index (χ1) is 10.7. The van der Waals surface area contributed by atoms with Crippen LogP contribution in [-0.4, -0.2) is 25.3 Å². The number of benzene rings is 2. The standard InChI is InChI=1S/C16H17BClNO3.ClH/c18-12-6-7-13(16-15(12)14(10-19)22-17(16)20)21-9-8-11-4-2-1-3-5-11;/h1-7,14,20H,8-10,19H2;1H. The van der Waals surface area contributed by atoms with Gasteiger partial charge in [0.25, 0.3) is 0 Å². The minimum atomic E-state index is -1.05. The summed E-state index contributed by atoms with van der Waals surface area (Å²) >= 11 is 6.21. The molecule has 122 valence electrons. The van der Waals surface area contributed by atoms with Crippen molar-refractivity contribution < 1.29 is 14.4 Å². The molecule has 4 nitrogen and oxygen atoms in total. The van der Waals surface area contributed by atoms with Crippen molar-refractivity contribution in [3.63, 3.8) is 0 Å². The van der Waals surface area contributed by atoms with Gasteiger partial charge >= 0.3 is 7.12 Å². The lowest BCUT2D eigenvalue weighted by atomic mass is 9.78. The van der Waals surface area contributed by atoms with Gasteiger partial charge in [-0.3, -0.25) is 0 Å². The highest BCUT2D eigenvalue weighted by Gasteiger charge is 2.39. The van der Waals surface area contributed by atoms with Gasteiger partial charge in [-0.2, -0.15) is 0 Å². The van der Waals surface area contributed by atoms with E-state index in [1.54, 1.807) is 12.1 Å². The molecule has 3 rings (SSSR count). The summed E-state index contributed by atoms with van der Waals surface area (Å²) in [5, 5.41) is 10.6. The van der Waals surface area contributed by atoms with E-state index in [4.69, 9.17) is 26.7 Å². The molecule has 2 aromatic rings. The molecular formula is C16H18BCl2NO3. The first-order valence-electron chi connectivity index (χ1n) is 7.23. The van der Waals surface area contributed by atoms with Crippen molar-refractivity contribution in [3.05, 3.63) is 58.6 Å². The van der Waals surface area contributed by atoms with Crippen LogP contribution in [0.25, 0.3) is 0 Å². The monoisotopic (exact) mass is 353 g/mol. The highest BCUT2D eigenvalue weighted by Crippen LogP contribution is 2.32. The lowest BCUT2D eigenvalue weighted by molar-refractivity contribution is 0.198. The minimum Gasteiger partial charge on any atom is -0.494 e. The van der Waals surface area contributed by atoms with E-state index in [-0.39, 0.29) is 19.0 Å². The number of hydrogen-bond donors (Lipinski definition) is 2. The molecule has 7 heteroatoms. The molecule has 0 aliphatic carbocycles. The van der Waals surface area contributed by atoms with Crippen LogP contribution in [0.3, 0.4) is 0 Å². The Balaban J connectivity index is 0.00000192. The van der Waals surface area contributed by atoms with Crippen LogP contribution in [0.2, 0.25) is 5.02 Å². The van der Waals surface area contributed by atoms with Gasteiger partial charge in [0.05, 0.1) is 12.7 Å². The molecule has 3 N–H and O–H groups in total. The maximum Gasteiger partial charge on any atom is 0.495 e. The van der Waals surface area contributed by atoms with E-state index < -0.39 is 13.2 Å². The predicted molar refractivity (Wildman–Crippen MR) is 94.8 cm³/mol. The quantitative estimate of drug-likeness (QED) is 0.808. The summed E-state index contributed by atoms with van der Waals surface area (Å²) in [7, 11) is -1.05. The minimum absolute atomic E-state index is 0. The van der Waals surface area contributed by atoms with E-state index >= 15 is 0 Å². The first-order valence-corrected chi connectivity index (χ1v) is 7.61. The average Bonchev–Trinajstić information content (AvgIpc) is 2.89. The summed E-state index contributed by atoms with van der Waals surface area (Å²) in [5.41, 5.74) is 8.19. The van der Waals surface area contributed by atoms with Crippen molar-refractivity contribution in [3.8, 4) is 5.75 Å². The molecule has 2 aromatic carbocycles. The number of rotatable bonds is 5. The van der Waals surface area contributed by atoms with Gasteiger partial charge in [0.1, 0.15) is 5.75 Å². The van der Waals surface area contributed by atoms with E-state index in [1.807, 2.05) is 18.2 Å². The summed E-state index contributed by atoms with van der Waals surface area (Å²) in [6.45, 7) is 0.773. The summed E-state index contributed by atoms with van der Waals surface area (Å²) in [6.07, 6.45) is 0.394. The van der Waals surface area contributed by atoms with Gasteiger partial charge in [0, 0.05) is 29.0 Å². The highest BCUT2D eigenvalue weighted by molar-refractivity contribution is 6.63. The Morgan fingerprint density at radius 2 is 1.96 bits per heavy atom. The Morgan fingerprint density at radius 3 is 2.65 bits per heavy atom. The smallest absolute Gasteiger partial charge is 0.494 e. The Morgan fingerprint density at radius 1 is 1.22 bits per heavy atom. The highest BCUT2D eigenvalue weighted by atomic mass is 35.5. The van der Waals surface area contributed by atoms with Crippen molar-refractivity contribution in [2.24, 2.45) is 5.73 Å². The average molecular weight is 354 g/mol. The molecule has 1 atom stereocenters. The van der Waals surface area contributed by atoms with Crippen molar-refractivity contribution in [2.75, 3.05) is 13.2 Å². The normalized spacial score (nSPS) is 16.0. The molecule has 0 bridgehead atoms. The van der Waals surface area contributed by atoms with Gasteiger partial charge < -0.3 is 20.1 Å². The third-order valence-electron chi connectivity index (χ3n) is 3.76. The van der Waals surface area contributed by atoms with E-state index in [2.05, 4.69) is 12.1 Å². The van der Waals surface area contributed by atoms with Gasteiger partial charge in [-0.1, -0.05) is 41.9 Å². The lowest BCUT2D eigenvalue weighted by Crippen LogP contribution is -2.30. The Hall–Kier alpha value is -1.24. The van der Waals surface area contributed by atoms with Crippen LogP contribution in [0.15, 0.2) is 42.5 Å². The van der Waals surface area contributed by atoms with Crippen LogP contribution in [0, 0.1) is 0 Å². The molecular weight excluding hydrogens is 336 g/mol. The third-order valence-corrected chi connectivity index (χ3v) is 4.09. The maximum absolute atomic E-state index is 10.1. The molecule has 0 amide bonds. The fourth-order valence-electron chi connectivity index (χ4n) is 2.69. The van der Waals surface area contributed by atoms with Crippen LogP contribution in [0.5, 0.6) is 5.75 Å². The summed E-state index contributed by atoms with van der Waals surface area (Å²) in [6, 6.07) is 13.6. The van der Waals surface area contributed by atoms with Crippen LogP contribution >= 0.6 is 24.0 Å². The van der Waals surface area contributed by atoms with Crippen LogP contribution < -0.4 is 15.9 Å². The summed E-state index contributed by atoms with van der Waals surface area (Å²) in [4.78, 5) is 0. The molecule has 1 heterocycles. The zero-order chi connectivity index (χ0) is 15.5. The zero-order valence-corrected chi connectivity index (χ0v) is 14.0. The number of ether oxygens (including phenoxy) is 1. The summed E-state index contributed by atoms with van der Waals surface area (Å²) < 4.78 is 11.3. The van der Waals surface area contributed by atoms with Crippen LogP contribution in [0.4, 0.5) is 0 Å². The van der Waals surface area contributed by atoms with Crippen molar-refractivity contribution in [1.82, 2.24) is 0 Å². The second-order valence-electron chi connectivity index (χ2n) is 5.17. The molecule has 1 aliphatic heterocycles. The Bertz CT molecular complexity index is 657. The first kappa shape index (κ1) is 18.1. The molecule has 0 saturated carbocycles. The third kappa shape index (κ3) is 3.82. The lowest BCUT2D eigenvalue weighted by Gasteiger charge is -2.13. The van der Waals surface area contributed by atoms with Crippen molar-refractivity contribution >= 4 is 36.6 Å². The summed E-state index contributed by atoms with van der Waals surface area (Å²) in [5.74, 6) is 0.596. The second-order valence-corrected chi connectivity index (χ2v) is 5.58. The van der Waals surface area contributed by atoms with Gasteiger partial charge in [-0.15, -0.1) is 12.4 Å². The fourth-order valence-corrected chi connectivity index (χ4v) is 2.97. The number of halogens is 2. The van der Waals surface area contributed by atoms with E-state index in [1.165, 1.54) is 5.56 Å². The van der Waals surface area contributed by atoms with E-state index in [9.17, 15) is 5.02 Å². The maximum atomic E-state index is 10.1. The van der Waals surface area contributed by atoms with Gasteiger partial charge in [0.15, 0.2) is 0 Å². The molecule has 23 heavy (non-hydrogen) atoms. The van der Waals surface area contributed by atoms with E-state index in [0.29, 0.717) is 22.8 Å². The van der Waals surface area contributed by atoms with Crippen LogP contribution in [-0.2, 0) is 11.1 Å². The van der Waals surface area contributed by atoms with Gasteiger partial charge in [0.2, 0.25) is 0 Å². The zero-order valence-electron chi connectivity index (χ0n) is 12.4. The number of nitrogens with two attached hydrogens (primary N) is 1. The molecule has 0 spiro atoms.